The van der Waals surface area contributed by atoms with E-state index in [2.05, 4.69) is 5.32 Å². The highest BCUT2D eigenvalue weighted by atomic mass is 16.2. The van der Waals surface area contributed by atoms with Crippen molar-refractivity contribution in [3.05, 3.63) is 113 Å². The second kappa shape index (κ2) is 6.81. The third-order valence-corrected chi connectivity index (χ3v) is 4.52. The summed E-state index contributed by atoms with van der Waals surface area (Å²) >= 11 is 0. The van der Waals surface area contributed by atoms with E-state index in [4.69, 9.17) is 0 Å². The fourth-order valence-electron chi connectivity index (χ4n) is 3.25. The van der Waals surface area contributed by atoms with Crippen LogP contribution in [0.25, 0.3) is 6.08 Å². The van der Waals surface area contributed by atoms with Gasteiger partial charge < -0.3 is 5.32 Å². The van der Waals surface area contributed by atoms with Gasteiger partial charge in [0.15, 0.2) is 5.78 Å². The van der Waals surface area contributed by atoms with Crippen molar-refractivity contribution in [2.45, 2.75) is 6.04 Å². The zero-order chi connectivity index (χ0) is 17.9. The molecule has 0 bridgehead atoms. The van der Waals surface area contributed by atoms with Crippen LogP contribution in [0, 0.1) is 0 Å². The number of amides is 1. The van der Waals surface area contributed by atoms with Crippen molar-refractivity contribution in [2.75, 3.05) is 0 Å². The number of hydrogen-bond acceptors (Lipinski definition) is 2. The van der Waals surface area contributed by atoms with Crippen molar-refractivity contribution in [3.8, 4) is 0 Å². The van der Waals surface area contributed by atoms with Crippen molar-refractivity contribution < 1.29 is 9.59 Å². The molecule has 1 aliphatic rings. The lowest BCUT2D eigenvalue weighted by Crippen LogP contribution is -2.28. The first-order valence-corrected chi connectivity index (χ1v) is 8.50. The zero-order valence-electron chi connectivity index (χ0n) is 14.1. The van der Waals surface area contributed by atoms with Gasteiger partial charge in [0.1, 0.15) is 0 Å². The van der Waals surface area contributed by atoms with Crippen molar-refractivity contribution in [1.82, 2.24) is 5.32 Å². The Morgan fingerprint density at radius 2 is 1.42 bits per heavy atom. The monoisotopic (exact) mass is 339 g/mol. The second-order valence-corrected chi connectivity index (χ2v) is 6.20. The maximum absolute atomic E-state index is 12.9. The molecule has 3 heteroatoms. The summed E-state index contributed by atoms with van der Waals surface area (Å²) in [4.78, 5) is 25.6. The Morgan fingerprint density at radius 3 is 2.15 bits per heavy atom. The van der Waals surface area contributed by atoms with Crippen LogP contribution < -0.4 is 5.32 Å². The number of hydrogen-bond donors (Lipinski definition) is 1. The highest BCUT2D eigenvalue weighted by Crippen LogP contribution is 2.36. The van der Waals surface area contributed by atoms with E-state index >= 15 is 0 Å². The van der Waals surface area contributed by atoms with Crippen LogP contribution in [0.2, 0.25) is 0 Å². The molecule has 1 amide bonds. The van der Waals surface area contributed by atoms with E-state index in [9.17, 15) is 9.59 Å². The quantitative estimate of drug-likeness (QED) is 0.717. The number of rotatable bonds is 3. The summed E-state index contributed by atoms with van der Waals surface area (Å²) in [5.41, 5.74) is 3.57. The molecular weight excluding hydrogens is 322 g/mol. The number of ketones is 1. The Bertz CT molecular complexity index is 991. The molecule has 1 N–H and O–H groups in total. The van der Waals surface area contributed by atoms with Gasteiger partial charge in [-0.2, -0.15) is 0 Å². The highest BCUT2D eigenvalue weighted by Gasteiger charge is 2.35. The third kappa shape index (κ3) is 2.95. The van der Waals surface area contributed by atoms with Gasteiger partial charge in [-0.1, -0.05) is 72.8 Å². The summed E-state index contributed by atoms with van der Waals surface area (Å²) in [6.07, 6.45) is 1.86. The molecule has 0 saturated heterocycles. The molecule has 0 radical (unpaired) electrons. The van der Waals surface area contributed by atoms with E-state index in [1.807, 2.05) is 78.9 Å². The van der Waals surface area contributed by atoms with Crippen LogP contribution in [0.15, 0.2) is 90.5 Å². The van der Waals surface area contributed by atoms with Gasteiger partial charge in [0.25, 0.3) is 5.91 Å². The molecule has 0 saturated carbocycles. The number of carbonyl (C=O) groups excluding carboxylic acids is 2. The topological polar surface area (TPSA) is 46.2 Å². The fraction of sp³-hybridized carbons (Fsp3) is 0.0435. The lowest BCUT2D eigenvalue weighted by molar-refractivity contribution is 0.0942. The molecule has 0 fully saturated rings. The summed E-state index contributed by atoms with van der Waals surface area (Å²) in [6, 6.07) is 25.7. The Hall–Kier alpha value is -3.46. The lowest BCUT2D eigenvalue weighted by Gasteiger charge is -2.15. The largest absolute Gasteiger partial charge is 0.341 e. The molecule has 3 aromatic carbocycles. The van der Waals surface area contributed by atoms with Crippen molar-refractivity contribution >= 4 is 17.8 Å². The normalized spacial score (nSPS) is 17.2. The molecule has 0 aromatic heterocycles. The number of Topliss-reactive ketones (excluding diaryl/α,β-unsaturated/α-hetero) is 1. The first kappa shape index (κ1) is 16.0. The fourth-order valence-corrected chi connectivity index (χ4v) is 3.25. The summed E-state index contributed by atoms with van der Waals surface area (Å²) < 4.78 is 0. The zero-order valence-corrected chi connectivity index (χ0v) is 14.1. The van der Waals surface area contributed by atoms with Crippen LogP contribution in [0.4, 0.5) is 0 Å². The van der Waals surface area contributed by atoms with Gasteiger partial charge in [-0.3, -0.25) is 9.59 Å². The number of nitrogens with one attached hydrogen (secondary N) is 1. The Labute approximate surface area is 152 Å². The first-order chi connectivity index (χ1) is 12.7. The Kier molecular flexibility index (Phi) is 4.20. The van der Waals surface area contributed by atoms with E-state index in [0.717, 1.165) is 11.1 Å². The standard InChI is InChI=1S/C23H17NO2/c25-22-19-14-8-7-13-18(19)21(20(22)15-16-9-3-1-4-10-16)24-23(26)17-11-5-2-6-12-17/h1-15,21H,(H,24,26)/b20-15+. The van der Waals surface area contributed by atoms with E-state index in [-0.39, 0.29) is 11.7 Å². The molecular formula is C23H17NO2. The third-order valence-electron chi connectivity index (χ3n) is 4.52. The molecule has 4 rings (SSSR count). The smallest absolute Gasteiger partial charge is 0.252 e. The highest BCUT2D eigenvalue weighted by molar-refractivity contribution is 6.17. The molecule has 0 heterocycles. The minimum atomic E-state index is -0.452. The Balaban J connectivity index is 1.74. The number of benzene rings is 3. The number of fused-ring (bicyclic) bond motifs is 1. The van der Waals surface area contributed by atoms with E-state index < -0.39 is 6.04 Å². The van der Waals surface area contributed by atoms with Crippen LogP contribution in [0.1, 0.15) is 37.9 Å². The molecule has 1 aliphatic carbocycles. The maximum atomic E-state index is 12.9. The van der Waals surface area contributed by atoms with Crippen LogP contribution in [0.3, 0.4) is 0 Å². The van der Waals surface area contributed by atoms with Crippen LogP contribution in [-0.4, -0.2) is 11.7 Å². The molecule has 126 valence electrons. The SMILES string of the molecule is O=C(NC1/C(=C\c2ccccc2)C(=O)c2ccccc21)c1ccccc1. The van der Waals surface area contributed by atoms with Crippen LogP contribution >= 0.6 is 0 Å². The van der Waals surface area contributed by atoms with Gasteiger partial charge in [0, 0.05) is 16.7 Å². The second-order valence-electron chi connectivity index (χ2n) is 6.20. The van der Waals surface area contributed by atoms with Gasteiger partial charge in [0.05, 0.1) is 6.04 Å². The number of carbonyl (C=O) groups is 2. The molecule has 0 spiro atoms. The minimum Gasteiger partial charge on any atom is -0.341 e. The molecule has 26 heavy (non-hydrogen) atoms. The van der Waals surface area contributed by atoms with Gasteiger partial charge in [-0.25, -0.2) is 0 Å². The van der Waals surface area contributed by atoms with Gasteiger partial charge >= 0.3 is 0 Å². The predicted molar refractivity (Wildman–Crippen MR) is 102 cm³/mol. The molecule has 1 atom stereocenters. The molecule has 3 nitrogen and oxygen atoms in total. The Morgan fingerprint density at radius 1 is 0.808 bits per heavy atom. The average molecular weight is 339 g/mol. The summed E-state index contributed by atoms with van der Waals surface area (Å²) in [5.74, 6) is -0.234. The first-order valence-electron chi connectivity index (χ1n) is 8.50. The molecule has 3 aromatic rings. The summed E-state index contributed by atoms with van der Waals surface area (Å²) in [7, 11) is 0. The van der Waals surface area contributed by atoms with Gasteiger partial charge in [0.2, 0.25) is 0 Å². The van der Waals surface area contributed by atoms with E-state index in [0.29, 0.717) is 16.7 Å². The maximum Gasteiger partial charge on any atom is 0.252 e. The minimum absolute atomic E-state index is 0.0391. The van der Waals surface area contributed by atoms with E-state index in [1.54, 1.807) is 12.1 Å². The van der Waals surface area contributed by atoms with Crippen molar-refractivity contribution in [1.29, 1.82) is 0 Å². The summed E-state index contributed by atoms with van der Waals surface area (Å²) in [5, 5.41) is 3.02. The molecule has 0 aliphatic heterocycles. The van der Waals surface area contributed by atoms with Gasteiger partial charge in [-0.15, -0.1) is 0 Å². The average Bonchev–Trinajstić information content (AvgIpc) is 2.95. The van der Waals surface area contributed by atoms with Crippen LogP contribution in [0.5, 0.6) is 0 Å². The van der Waals surface area contributed by atoms with Crippen molar-refractivity contribution in [2.24, 2.45) is 0 Å². The van der Waals surface area contributed by atoms with Crippen LogP contribution in [-0.2, 0) is 0 Å². The molecule has 1 unspecified atom stereocenters. The summed E-state index contributed by atoms with van der Waals surface area (Å²) in [6.45, 7) is 0. The van der Waals surface area contributed by atoms with E-state index in [1.165, 1.54) is 0 Å². The van der Waals surface area contributed by atoms with Gasteiger partial charge in [-0.05, 0) is 29.3 Å². The van der Waals surface area contributed by atoms with Crippen molar-refractivity contribution in [3.63, 3.8) is 0 Å². The lowest BCUT2D eigenvalue weighted by atomic mass is 10.0. The predicted octanol–water partition coefficient (Wildman–Crippen LogP) is 4.44.